The van der Waals surface area contributed by atoms with Gasteiger partial charge in [-0.1, -0.05) is 92.2 Å². The van der Waals surface area contributed by atoms with Crippen molar-refractivity contribution < 1.29 is 0 Å². The summed E-state index contributed by atoms with van der Waals surface area (Å²) >= 11 is 0. The van der Waals surface area contributed by atoms with E-state index >= 15 is 0 Å². The summed E-state index contributed by atoms with van der Waals surface area (Å²) in [7, 11) is 0. The Morgan fingerprint density at radius 3 is 1.41 bits per heavy atom. The molecule has 3 rings (SSSR count). The second-order valence-corrected chi connectivity index (χ2v) is 10.3. The molecule has 1 nitrogen and oxygen atoms in total. The molecule has 0 aliphatic rings. The number of nitrogens with one attached hydrogen (secondary N) is 1. The maximum atomic E-state index is 3.64. The molecule has 0 radical (unpaired) electrons. The van der Waals surface area contributed by atoms with Crippen LogP contribution < -0.4 is 0 Å². The van der Waals surface area contributed by atoms with Gasteiger partial charge in [0, 0.05) is 21.8 Å². The van der Waals surface area contributed by atoms with Crippen LogP contribution in [0.2, 0.25) is 0 Å². The lowest BCUT2D eigenvalue weighted by molar-refractivity contribution is 0.450. The van der Waals surface area contributed by atoms with Gasteiger partial charge in [-0.25, -0.2) is 0 Å². The molecule has 1 N–H and O–H groups in total. The summed E-state index contributed by atoms with van der Waals surface area (Å²) in [6, 6.07) is 14.1. The molecular formula is C28H41N. The number of hydrogen-bond acceptors (Lipinski definition) is 0. The zero-order chi connectivity index (χ0) is 21.1. The first-order chi connectivity index (χ1) is 13.8. The molecule has 0 saturated heterocycles. The van der Waals surface area contributed by atoms with Gasteiger partial charge in [-0.05, 0) is 59.1 Å². The Bertz CT molecular complexity index is 865. The first-order valence-electron chi connectivity index (χ1n) is 11.8. The van der Waals surface area contributed by atoms with Gasteiger partial charge < -0.3 is 4.98 Å². The average Bonchev–Trinajstić information content (AvgIpc) is 3.05. The van der Waals surface area contributed by atoms with Crippen molar-refractivity contribution in [1.29, 1.82) is 0 Å². The standard InChI is InChI=1S/C28H41N/c1-7-9-11-17-27(3,4)21-13-15-25-23(19-21)24-20-22(14-16-26(24)29-25)28(5,6)18-12-10-8-2/h13-16,19-20,29H,7-12,17-18H2,1-6H3. The van der Waals surface area contributed by atoms with E-state index in [2.05, 4.69) is 82.9 Å². The fraction of sp³-hybridized carbons (Fsp3) is 0.571. The third-order valence-electron chi connectivity index (χ3n) is 6.97. The third kappa shape index (κ3) is 4.87. The molecule has 2 aromatic carbocycles. The van der Waals surface area contributed by atoms with Crippen molar-refractivity contribution in [2.75, 3.05) is 0 Å². The molecule has 0 atom stereocenters. The number of benzene rings is 2. The lowest BCUT2D eigenvalue weighted by Crippen LogP contribution is -2.17. The normalized spacial score (nSPS) is 12.9. The highest BCUT2D eigenvalue weighted by Gasteiger charge is 2.23. The number of unbranched alkanes of at least 4 members (excludes halogenated alkanes) is 4. The van der Waals surface area contributed by atoms with Crippen LogP contribution in [-0.2, 0) is 10.8 Å². The predicted octanol–water partition coefficient (Wildman–Crippen LogP) is 9.04. The molecular weight excluding hydrogens is 350 g/mol. The minimum atomic E-state index is 0.226. The van der Waals surface area contributed by atoms with E-state index in [4.69, 9.17) is 0 Å². The maximum Gasteiger partial charge on any atom is 0.0465 e. The van der Waals surface area contributed by atoms with Crippen LogP contribution in [0.4, 0.5) is 0 Å². The summed E-state index contributed by atoms with van der Waals surface area (Å²) in [6.45, 7) is 14.2. The molecule has 0 saturated carbocycles. The third-order valence-corrected chi connectivity index (χ3v) is 6.97. The van der Waals surface area contributed by atoms with E-state index in [1.807, 2.05) is 0 Å². The summed E-state index contributed by atoms with van der Waals surface area (Å²) in [5, 5.41) is 2.76. The Morgan fingerprint density at radius 1 is 0.621 bits per heavy atom. The van der Waals surface area contributed by atoms with Crippen molar-refractivity contribution in [1.82, 2.24) is 4.98 Å². The lowest BCUT2D eigenvalue weighted by atomic mass is 9.78. The zero-order valence-corrected chi connectivity index (χ0v) is 19.6. The van der Waals surface area contributed by atoms with Crippen molar-refractivity contribution in [3.63, 3.8) is 0 Å². The van der Waals surface area contributed by atoms with E-state index in [0.717, 1.165) is 0 Å². The second kappa shape index (κ2) is 8.94. The number of aromatic nitrogens is 1. The van der Waals surface area contributed by atoms with Gasteiger partial charge in [0.25, 0.3) is 0 Å². The van der Waals surface area contributed by atoms with Crippen LogP contribution in [0, 0.1) is 0 Å². The summed E-state index contributed by atoms with van der Waals surface area (Å²) < 4.78 is 0. The van der Waals surface area contributed by atoms with E-state index in [-0.39, 0.29) is 10.8 Å². The van der Waals surface area contributed by atoms with Gasteiger partial charge in [0.2, 0.25) is 0 Å². The molecule has 0 amide bonds. The van der Waals surface area contributed by atoms with E-state index < -0.39 is 0 Å². The molecule has 0 spiro atoms. The molecule has 0 unspecified atom stereocenters. The average molecular weight is 392 g/mol. The molecule has 29 heavy (non-hydrogen) atoms. The molecule has 0 fully saturated rings. The van der Waals surface area contributed by atoms with Crippen LogP contribution in [0.1, 0.15) is 104 Å². The van der Waals surface area contributed by atoms with Crippen LogP contribution in [0.3, 0.4) is 0 Å². The highest BCUT2D eigenvalue weighted by atomic mass is 14.7. The second-order valence-electron chi connectivity index (χ2n) is 10.3. The first kappa shape index (κ1) is 21.9. The largest absolute Gasteiger partial charge is 0.355 e. The van der Waals surface area contributed by atoms with E-state index in [9.17, 15) is 0 Å². The fourth-order valence-corrected chi connectivity index (χ4v) is 4.66. The molecule has 1 heteroatoms. The van der Waals surface area contributed by atoms with Crippen LogP contribution in [0.5, 0.6) is 0 Å². The van der Waals surface area contributed by atoms with Gasteiger partial charge >= 0.3 is 0 Å². The van der Waals surface area contributed by atoms with Gasteiger partial charge in [-0.15, -0.1) is 0 Å². The first-order valence-corrected chi connectivity index (χ1v) is 11.8. The van der Waals surface area contributed by atoms with E-state index in [0.29, 0.717) is 0 Å². The number of hydrogen-bond donors (Lipinski definition) is 1. The van der Waals surface area contributed by atoms with Crippen LogP contribution in [0.25, 0.3) is 21.8 Å². The number of rotatable bonds is 10. The Morgan fingerprint density at radius 2 is 1.03 bits per heavy atom. The Hall–Kier alpha value is -1.76. The van der Waals surface area contributed by atoms with Gasteiger partial charge in [0.05, 0.1) is 0 Å². The van der Waals surface area contributed by atoms with Crippen LogP contribution in [-0.4, -0.2) is 4.98 Å². The molecule has 0 aliphatic carbocycles. The van der Waals surface area contributed by atoms with Gasteiger partial charge in [-0.2, -0.15) is 0 Å². The fourth-order valence-electron chi connectivity index (χ4n) is 4.66. The highest BCUT2D eigenvalue weighted by molar-refractivity contribution is 6.07. The van der Waals surface area contributed by atoms with Gasteiger partial charge in [0.15, 0.2) is 0 Å². The minimum Gasteiger partial charge on any atom is -0.355 e. The Balaban J connectivity index is 1.97. The summed E-state index contributed by atoms with van der Waals surface area (Å²) in [6.07, 6.45) is 10.4. The van der Waals surface area contributed by atoms with Crippen LogP contribution >= 0.6 is 0 Å². The summed E-state index contributed by atoms with van der Waals surface area (Å²) in [5.41, 5.74) is 5.90. The van der Waals surface area contributed by atoms with Gasteiger partial charge in [0.1, 0.15) is 0 Å². The van der Waals surface area contributed by atoms with Crippen molar-refractivity contribution in [2.24, 2.45) is 0 Å². The molecule has 158 valence electrons. The molecule has 0 bridgehead atoms. The topological polar surface area (TPSA) is 15.8 Å². The molecule has 0 aliphatic heterocycles. The van der Waals surface area contributed by atoms with E-state index in [1.165, 1.54) is 84.3 Å². The number of aromatic amines is 1. The molecule has 1 aromatic heterocycles. The number of H-pyrrole nitrogens is 1. The lowest BCUT2D eigenvalue weighted by Gasteiger charge is -2.26. The quantitative estimate of drug-likeness (QED) is 0.332. The highest BCUT2D eigenvalue weighted by Crippen LogP contribution is 2.37. The van der Waals surface area contributed by atoms with Crippen LogP contribution in [0.15, 0.2) is 36.4 Å². The van der Waals surface area contributed by atoms with Gasteiger partial charge in [-0.3, -0.25) is 0 Å². The Labute approximate surface area is 178 Å². The predicted molar refractivity (Wildman–Crippen MR) is 130 cm³/mol. The SMILES string of the molecule is CCCCCC(C)(C)c1ccc2[nH]c3ccc(C(C)(C)CCCCC)cc3c2c1. The van der Waals surface area contributed by atoms with Crippen molar-refractivity contribution in [3.8, 4) is 0 Å². The zero-order valence-electron chi connectivity index (χ0n) is 19.6. The minimum absolute atomic E-state index is 0.226. The van der Waals surface area contributed by atoms with Crippen molar-refractivity contribution in [3.05, 3.63) is 47.5 Å². The van der Waals surface area contributed by atoms with Crippen molar-refractivity contribution >= 4 is 21.8 Å². The summed E-state index contributed by atoms with van der Waals surface area (Å²) in [4.78, 5) is 3.64. The summed E-state index contributed by atoms with van der Waals surface area (Å²) in [5.74, 6) is 0. The van der Waals surface area contributed by atoms with E-state index in [1.54, 1.807) is 0 Å². The molecule has 3 aromatic rings. The van der Waals surface area contributed by atoms with Crippen molar-refractivity contribution in [2.45, 2.75) is 104 Å². The smallest absolute Gasteiger partial charge is 0.0465 e. The molecule has 1 heterocycles. The monoisotopic (exact) mass is 391 g/mol. The Kier molecular flexibility index (Phi) is 6.76. The maximum absolute atomic E-state index is 3.64. The number of fused-ring (bicyclic) bond motifs is 3.